The van der Waals surface area contributed by atoms with E-state index in [1.165, 1.54) is 7.11 Å². The highest BCUT2D eigenvalue weighted by atomic mass is 16.5. The van der Waals surface area contributed by atoms with Gasteiger partial charge in [0.2, 0.25) is 0 Å². The van der Waals surface area contributed by atoms with Crippen LogP contribution in [-0.4, -0.2) is 36.5 Å². The van der Waals surface area contributed by atoms with Gasteiger partial charge >= 0.3 is 0 Å². The van der Waals surface area contributed by atoms with E-state index < -0.39 is 5.91 Å². The zero-order chi connectivity index (χ0) is 19.1. The number of methoxy groups -OCH3 is 1. The number of nitrogens with two attached hydrogens (primary N) is 1. The van der Waals surface area contributed by atoms with Gasteiger partial charge in [-0.1, -0.05) is 30.3 Å². The first-order valence-corrected chi connectivity index (χ1v) is 8.36. The largest absolute Gasteiger partial charge is 0.493 e. The molecule has 26 heavy (non-hydrogen) atoms. The van der Waals surface area contributed by atoms with Crippen LogP contribution in [0.15, 0.2) is 48.5 Å². The van der Waals surface area contributed by atoms with Crippen molar-refractivity contribution in [2.24, 2.45) is 5.73 Å². The summed E-state index contributed by atoms with van der Waals surface area (Å²) in [5, 5.41) is 0. The zero-order valence-corrected chi connectivity index (χ0v) is 15.3. The van der Waals surface area contributed by atoms with Crippen LogP contribution in [-0.2, 0) is 11.3 Å². The molecule has 0 saturated carbocycles. The maximum atomic E-state index is 13.0. The van der Waals surface area contributed by atoms with Gasteiger partial charge in [0.1, 0.15) is 0 Å². The lowest BCUT2D eigenvalue weighted by molar-refractivity contribution is -0.119. The van der Waals surface area contributed by atoms with Gasteiger partial charge in [0.05, 0.1) is 7.11 Å². The maximum absolute atomic E-state index is 13.0. The summed E-state index contributed by atoms with van der Waals surface area (Å²) in [5.74, 6) is 0.0483. The summed E-state index contributed by atoms with van der Waals surface area (Å²) in [7, 11) is 1.48. The van der Waals surface area contributed by atoms with Crippen molar-refractivity contribution >= 4 is 11.8 Å². The molecular weight excluding hydrogens is 332 g/mol. The average molecular weight is 356 g/mol. The van der Waals surface area contributed by atoms with Crippen LogP contribution in [0.1, 0.15) is 29.8 Å². The van der Waals surface area contributed by atoms with E-state index in [1.54, 1.807) is 23.1 Å². The van der Waals surface area contributed by atoms with Crippen LogP contribution < -0.4 is 15.2 Å². The monoisotopic (exact) mass is 356 g/mol. The Balaban J connectivity index is 2.23. The molecule has 2 amide bonds. The molecule has 0 aliphatic carbocycles. The molecule has 6 nitrogen and oxygen atoms in total. The summed E-state index contributed by atoms with van der Waals surface area (Å²) in [6.07, 6.45) is 0. The molecule has 0 atom stereocenters. The molecule has 0 aromatic heterocycles. The molecule has 0 unspecified atom stereocenters. The van der Waals surface area contributed by atoms with Crippen molar-refractivity contribution in [3.63, 3.8) is 0 Å². The highest BCUT2D eigenvalue weighted by molar-refractivity contribution is 5.95. The minimum absolute atomic E-state index is 0.0273. The number of carbonyl (C=O) groups excluding carboxylic acids is 2. The number of amides is 2. The average Bonchev–Trinajstić information content (AvgIpc) is 2.64. The lowest BCUT2D eigenvalue weighted by atomic mass is 10.1. The molecular formula is C20H24N2O4. The topological polar surface area (TPSA) is 81.9 Å². The van der Waals surface area contributed by atoms with Gasteiger partial charge in [-0.3, -0.25) is 9.59 Å². The molecule has 138 valence electrons. The fourth-order valence-electron chi connectivity index (χ4n) is 2.50. The van der Waals surface area contributed by atoms with Crippen LogP contribution in [0.25, 0.3) is 0 Å². The van der Waals surface area contributed by atoms with E-state index >= 15 is 0 Å². The van der Waals surface area contributed by atoms with E-state index in [-0.39, 0.29) is 18.6 Å². The first-order chi connectivity index (χ1) is 12.4. The van der Waals surface area contributed by atoms with E-state index in [1.807, 2.05) is 44.2 Å². The molecule has 6 heteroatoms. The molecule has 0 saturated heterocycles. The number of benzene rings is 2. The number of hydrogen-bond acceptors (Lipinski definition) is 4. The molecule has 0 spiro atoms. The molecule has 2 aromatic rings. The summed E-state index contributed by atoms with van der Waals surface area (Å²) >= 11 is 0. The molecule has 2 N–H and O–H groups in total. The van der Waals surface area contributed by atoms with Crippen LogP contribution in [0.5, 0.6) is 11.5 Å². The summed E-state index contributed by atoms with van der Waals surface area (Å²) in [5.41, 5.74) is 6.63. The highest BCUT2D eigenvalue weighted by Crippen LogP contribution is 2.29. The van der Waals surface area contributed by atoms with Crippen molar-refractivity contribution in [3.05, 3.63) is 59.7 Å². The Morgan fingerprint density at radius 3 is 2.35 bits per heavy atom. The Bertz CT molecular complexity index is 760. The highest BCUT2D eigenvalue weighted by Gasteiger charge is 2.21. The summed E-state index contributed by atoms with van der Waals surface area (Å²) in [6, 6.07) is 14.7. The van der Waals surface area contributed by atoms with E-state index in [2.05, 4.69) is 0 Å². The SMILES string of the molecule is COc1cc(C(=O)N(Cc2ccccc2)C(C)C)ccc1OCC(N)=O. The molecule has 0 fully saturated rings. The number of nitrogens with zero attached hydrogens (tertiary/aromatic N) is 1. The smallest absolute Gasteiger partial charge is 0.255 e. The molecule has 0 aliphatic heterocycles. The third kappa shape index (κ3) is 4.99. The van der Waals surface area contributed by atoms with Gasteiger partial charge in [0.25, 0.3) is 11.8 Å². The molecule has 0 bridgehead atoms. The zero-order valence-electron chi connectivity index (χ0n) is 15.3. The first-order valence-electron chi connectivity index (χ1n) is 8.36. The summed E-state index contributed by atoms with van der Waals surface area (Å²) in [6.45, 7) is 4.21. The van der Waals surface area contributed by atoms with Crippen molar-refractivity contribution in [1.82, 2.24) is 4.90 Å². The van der Waals surface area contributed by atoms with E-state index in [0.717, 1.165) is 5.56 Å². The second-order valence-electron chi connectivity index (χ2n) is 6.13. The van der Waals surface area contributed by atoms with Crippen LogP contribution in [0, 0.1) is 0 Å². The fraction of sp³-hybridized carbons (Fsp3) is 0.300. The Kier molecular flexibility index (Phi) is 6.60. The standard InChI is InChI=1S/C20H24N2O4/c1-14(2)22(12-15-7-5-4-6-8-15)20(24)16-9-10-17(18(11-16)25-3)26-13-19(21)23/h4-11,14H,12-13H2,1-3H3,(H2,21,23). The molecule has 2 aromatic carbocycles. The quantitative estimate of drug-likeness (QED) is 0.788. The molecule has 0 radical (unpaired) electrons. The Morgan fingerprint density at radius 1 is 1.08 bits per heavy atom. The number of carbonyl (C=O) groups is 2. The van der Waals surface area contributed by atoms with Gasteiger partial charge < -0.3 is 20.1 Å². The van der Waals surface area contributed by atoms with Crippen LogP contribution in [0.4, 0.5) is 0 Å². The lowest BCUT2D eigenvalue weighted by Crippen LogP contribution is -2.36. The van der Waals surface area contributed by atoms with E-state index in [0.29, 0.717) is 23.6 Å². The fourth-order valence-corrected chi connectivity index (χ4v) is 2.50. The predicted octanol–water partition coefficient (Wildman–Crippen LogP) is 2.61. The van der Waals surface area contributed by atoms with Crippen molar-refractivity contribution < 1.29 is 19.1 Å². The summed E-state index contributed by atoms with van der Waals surface area (Å²) < 4.78 is 10.6. The minimum Gasteiger partial charge on any atom is -0.493 e. The first kappa shape index (κ1) is 19.3. The van der Waals surface area contributed by atoms with Gasteiger partial charge in [0, 0.05) is 18.2 Å². The van der Waals surface area contributed by atoms with Gasteiger partial charge in [-0.15, -0.1) is 0 Å². The Hall–Kier alpha value is -3.02. The maximum Gasteiger partial charge on any atom is 0.255 e. The number of ether oxygens (including phenoxy) is 2. The second-order valence-corrected chi connectivity index (χ2v) is 6.13. The van der Waals surface area contributed by atoms with Crippen molar-refractivity contribution in [2.45, 2.75) is 26.4 Å². The third-order valence-corrected chi connectivity index (χ3v) is 3.86. The Morgan fingerprint density at radius 2 is 1.77 bits per heavy atom. The number of primary amides is 1. The summed E-state index contributed by atoms with van der Waals surface area (Å²) in [4.78, 5) is 25.7. The Labute approximate surface area is 153 Å². The normalized spacial score (nSPS) is 10.5. The van der Waals surface area contributed by atoms with Gasteiger partial charge in [-0.05, 0) is 37.6 Å². The third-order valence-electron chi connectivity index (χ3n) is 3.86. The van der Waals surface area contributed by atoms with Crippen LogP contribution in [0.2, 0.25) is 0 Å². The van der Waals surface area contributed by atoms with E-state index in [9.17, 15) is 9.59 Å². The number of hydrogen-bond donors (Lipinski definition) is 1. The van der Waals surface area contributed by atoms with Gasteiger partial charge in [0.15, 0.2) is 18.1 Å². The molecule has 2 rings (SSSR count). The van der Waals surface area contributed by atoms with Crippen molar-refractivity contribution in [1.29, 1.82) is 0 Å². The molecule has 0 heterocycles. The van der Waals surface area contributed by atoms with Crippen LogP contribution >= 0.6 is 0 Å². The van der Waals surface area contributed by atoms with E-state index in [4.69, 9.17) is 15.2 Å². The van der Waals surface area contributed by atoms with Gasteiger partial charge in [-0.25, -0.2) is 0 Å². The lowest BCUT2D eigenvalue weighted by Gasteiger charge is -2.27. The van der Waals surface area contributed by atoms with Gasteiger partial charge in [-0.2, -0.15) is 0 Å². The predicted molar refractivity (Wildman–Crippen MR) is 99.1 cm³/mol. The minimum atomic E-state index is -0.582. The van der Waals surface area contributed by atoms with Crippen LogP contribution in [0.3, 0.4) is 0 Å². The van der Waals surface area contributed by atoms with Crippen molar-refractivity contribution in [2.75, 3.05) is 13.7 Å². The molecule has 0 aliphatic rings. The van der Waals surface area contributed by atoms with Crippen molar-refractivity contribution in [3.8, 4) is 11.5 Å². The second kappa shape index (κ2) is 8.89. The number of rotatable bonds is 8.